The second-order valence-corrected chi connectivity index (χ2v) is 6.65. The number of benzene rings is 1. The molecule has 1 fully saturated rings. The summed E-state index contributed by atoms with van der Waals surface area (Å²) < 4.78 is 12.2. The van der Waals surface area contributed by atoms with E-state index < -0.39 is 0 Å². The standard InChI is InChI=1S/C18H20BrN3O3.2ClH/c19-15-5-3-14(4-6-15)12-25-18(23)22-9-8-21-10-16(22)13-24-17-2-1-7-20-11-17;;/h1-7,11,16,21H,8-10,12-13H2;2*1H. The predicted octanol–water partition coefficient (Wildman–Crippen LogP) is 3.68. The molecule has 1 aromatic heterocycles. The maximum absolute atomic E-state index is 12.5. The average molecular weight is 479 g/mol. The second kappa shape index (κ2) is 12.0. The lowest BCUT2D eigenvalue weighted by molar-refractivity contribution is 0.0587. The fourth-order valence-electron chi connectivity index (χ4n) is 2.58. The van der Waals surface area contributed by atoms with Gasteiger partial charge >= 0.3 is 6.09 Å². The third kappa shape index (κ3) is 7.18. The highest BCUT2D eigenvalue weighted by Crippen LogP contribution is 2.14. The van der Waals surface area contributed by atoms with E-state index in [0.29, 0.717) is 25.4 Å². The van der Waals surface area contributed by atoms with Gasteiger partial charge in [0, 0.05) is 30.3 Å². The van der Waals surface area contributed by atoms with Crippen molar-refractivity contribution < 1.29 is 14.3 Å². The fourth-order valence-corrected chi connectivity index (χ4v) is 2.85. The molecule has 1 saturated heterocycles. The van der Waals surface area contributed by atoms with Crippen LogP contribution in [0.3, 0.4) is 0 Å². The molecule has 9 heteroatoms. The van der Waals surface area contributed by atoms with Crippen LogP contribution in [-0.4, -0.2) is 48.3 Å². The lowest BCUT2D eigenvalue weighted by Gasteiger charge is -2.35. The second-order valence-electron chi connectivity index (χ2n) is 5.73. The Labute approximate surface area is 179 Å². The number of piperazine rings is 1. The van der Waals surface area contributed by atoms with Crippen LogP contribution in [0.2, 0.25) is 0 Å². The van der Waals surface area contributed by atoms with Crippen molar-refractivity contribution in [3.63, 3.8) is 0 Å². The summed E-state index contributed by atoms with van der Waals surface area (Å²) in [5.74, 6) is 0.691. The molecule has 148 valence electrons. The molecular weight excluding hydrogens is 457 g/mol. The van der Waals surface area contributed by atoms with Crippen molar-refractivity contribution in [2.45, 2.75) is 12.6 Å². The zero-order chi connectivity index (χ0) is 17.5. The summed E-state index contributed by atoms with van der Waals surface area (Å²) >= 11 is 3.39. The van der Waals surface area contributed by atoms with Crippen molar-refractivity contribution in [2.24, 2.45) is 0 Å². The van der Waals surface area contributed by atoms with Crippen LogP contribution in [0.15, 0.2) is 53.3 Å². The molecule has 1 N–H and O–H groups in total. The molecule has 2 aromatic rings. The van der Waals surface area contributed by atoms with E-state index in [9.17, 15) is 4.79 Å². The number of amides is 1. The quantitative estimate of drug-likeness (QED) is 0.710. The summed E-state index contributed by atoms with van der Waals surface area (Å²) in [4.78, 5) is 18.2. The van der Waals surface area contributed by atoms with Crippen LogP contribution in [0.1, 0.15) is 5.56 Å². The summed E-state index contributed by atoms with van der Waals surface area (Å²) in [7, 11) is 0. The van der Waals surface area contributed by atoms with Gasteiger partial charge in [-0.25, -0.2) is 4.79 Å². The van der Waals surface area contributed by atoms with Gasteiger partial charge in [-0.05, 0) is 29.8 Å². The normalized spacial score (nSPS) is 15.9. The van der Waals surface area contributed by atoms with Gasteiger partial charge in [0.05, 0.1) is 12.2 Å². The number of nitrogens with zero attached hydrogens (tertiary/aromatic N) is 2. The summed E-state index contributed by atoms with van der Waals surface area (Å²) in [6.45, 7) is 2.67. The zero-order valence-electron chi connectivity index (χ0n) is 14.5. The highest BCUT2D eigenvalue weighted by molar-refractivity contribution is 9.10. The Bertz CT molecular complexity index is 692. The third-order valence-electron chi connectivity index (χ3n) is 3.94. The first-order chi connectivity index (χ1) is 12.2. The number of hydrogen-bond acceptors (Lipinski definition) is 5. The Morgan fingerprint density at radius 3 is 2.74 bits per heavy atom. The fraction of sp³-hybridized carbons (Fsp3) is 0.333. The largest absolute Gasteiger partial charge is 0.490 e. The van der Waals surface area contributed by atoms with Gasteiger partial charge in [0.1, 0.15) is 19.0 Å². The number of rotatable bonds is 5. The monoisotopic (exact) mass is 477 g/mol. The molecule has 0 radical (unpaired) electrons. The smallest absolute Gasteiger partial charge is 0.410 e. The Balaban J connectivity index is 0.00000182. The van der Waals surface area contributed by atoms with E-state index in [-0.39, 0.29) is 43.6 Å². The molecule has 0 spiro atoms. The van der Waals surface area contributed by atoms with Crippen molar-refractivity contribution in [2.75, 3.05) is 26.2 Å². The van der Waals surface area contributed by atoms with Crippen LogP contribution < -0.4 is 10.1 Å². The molecule has 2 heterocycles. The predicted molar refractivity (Wildman–Crippen MR) is 112 cm³/mol. The summed E-state index contributed by atoms with van der Waals surface area (Å²) in [6.07, 6.45) is 3.04. The SMILES string of the molecule is Cl.Cl.O=C(OCc1ccc(Br)cc1)N1CCNCC1COc1cccnc1. The molecule has 1 aliphatic rings. The van der Waals surface area contributed by atoms with Crippen LogP contribution >= 0.6 is 40.7 Å². The van der Waals surface area contributed by atoms with E-state index in [2.05, 4.69) is 26.2 Å². The van der Waals surface area contributed by atoms with Crippen molar-refractivity contribution in [3.05, 3.63) is 58.8 Å². The van der Waals surface area contributed by atoms with Crippen LogP contribution in [0.25, 0.3) is 0 Å². The minimum atomic E-state index is -0.316. The molecule has 1 aromatic carbocycles. The van der Waals surface area contributed by atoms with Crippen molar-refractivity contribution in [1.82, 2.24) is 15.2 Å². The molecule has 6 nitrogen and oxygen atoms in total. The number of aromatic nitrogens is 1. The number of hydrogen-bond donors (Lipinski definition) is 1. The molecule has 0 saturated carbocycles. The molecule has 1 atom stereocenters. The average Bonchev–Trinajstić information content (AvgIpc) is 2.67. The Kier molecular flexibility index (Phi) is 10.5. The van der Waals surface area contributed by atoms with Gasteiger partial charge in [-0.3, -0.25) is 9.88 Å². The van der Waals surface area contributed by atoms with Crippen LogP contribution in [-0.2, 0) is 11.3 Å². The number of halogens is 3. The zero-order valence-corrected chi connectivity index (χ0v) is 17.8. The molecule has 3 rings (SSSR count). The minimum absolute atomic E-state index is 0. The van der Waals surface area contributed by atoms with Gasteiger partial charge in [0.25, 0.3) is 0 Å². The van der Waals surface area contributed by atoms with E-state index in [1.165, 1.54) is 0 Å². The molecular formula is C18H22BrCl2N3O3. The lowest BCUT2D eigenvalue weighted by Crippen LogP contribution is -2.56. The first-order valence-electron chi connectivity index (χ1n) is 8.14. The van der Waals surface area contributed by atoms with E-state index in [1.54, 1.807) is 17.3 Å². The number of ether oxygens (including phenoxy) is 2. The molecule has 1 amide bonds. The summed E-state index contributed by atoms with van der Waals surface area (Å²) in [5, 5.41) is 3.29. The van der Waals surface area contributed by atoms with E-state index in [4.69, 9.17) is 9.47 Å². The van der Waals surface area contributed by atoms with E-state index in [1.807, 2.05) is 36.4 Å². The number of nitrogens with one attached hydrogen (secondary N) is 1. The number of carbonyl (C=O) groups is 1. The van der Waals surface area contributed by atoms with Gasteiger partial charge in [-0.1, -0.05) is 28.1 Å². The third-order valence-corrected chi connectivity index (χ3v) is 4.47. The van der Waals surface area contributed by atoms with E-state index in [0.717, 1.165) is 16.6 Å². The summed E-state index contributed by atoms with van der Waals surface area (Å²) in [6, 6.07) is 11.3. The molecule has 0 bridgehead atoms. The summed E-state index contributed by atoms with van der Waals surface area (Å²) in [5.41, 5.74) is 0.954. The Morgan fingerprint density at radius 1 is 1.26 bits per heavy atom. The van der Waals surface area contributed by atoms with Gasteiger partial charge in [-0.2, -0.15) is 0 Å². The van der Waals surface area contributed by atoms with Crippen LogP contribution in [0, 0.1) is 0 Å². The first-order valence-corrected chi connectivity index (χ1v) is 8.93. The molecule has 0 aliphatic carbocycles. The molecule has 27 heavy (non-hydrogen) atoms. The number of pyridine rings is 1. The first kappa shape index (κ1) is 23.5. The van der Waals surface area contributed by atoms with Crippen molar-refractivity contribution in [3.8, 4) is 5.75 Å². The highest BCUT2D eigenvalue weighted by atomic mass is 79.9. The van der Waals surface area contributed by atoms with Crippen LogP contribution in [0.5, 0.6) is 5.75 Å². The van der Waals surface area contributed by atoms with Gasteiger partial charge < -0.3 is 14.8 Å². The molecule has 1 aliphatic heterocycles. The maximum atomic E-state index is 12.5. The number of carbonyl (C=O) groups excluding carboxylic acids is 1. The van der Waals surface area contributed by atoms with Gasteiger partial charge in [-0.15, -0.1) is 24.8 Å². The maximum Gasteiger partial charge on any atom is 0.410 e. The molecule has 1 unspecified atom stereocenters. The van der Waals surface area contributed by atoms with Crippen molar-refractivity contribution >= 4 is 46.8 Å². The van der Waals surface area contributed by atoms with Crippen molar-refractivity contribution in [1.29, 1.82) is 0 Å². The van der Waals surface area contributed by atoms with Gasteiger partial charge in [0.15, 0.2) is 0 Å². The Morgan fingerprint density at radius 2 is 2.04 bits per heavy atom. The minimum Gasteiger partial charge on any atom is -0.490 e. The highest BCUT2D eigenvalue weighted by Gasteiger charge is 2.28. The Hall–Kier alpha value is -1.54. The van der Waals surface area contributed by atoms with Gasteiger partial charge in [0.2, 0.25) is 0 Å². The van der Waals surface area contributed by atoms with Crippen LogP contribution in [0.4, 0.5) is 4.79 Å². The van der Waals surface area contributed by atoms with E-state index >= 15 is 0 Å². The lowest BCUT2D eigenvalue weighted by atomic mass is 10.2. The topological polar surface area (TPSA) is 63.7 Å².